The predicted molar refractivity (Wildman–Crippen MR) is 85.1 cm³/mol. The number of aromatic hydroxyl groups is 1. The second kappa shape index (κ2) is 5.40. The van der Waals surface area contributed by atoms with E-state index in [9.17, 15) is 5.11 Å². The zero-order chi connectivity index (χ0) is 15.0. The highest BCUT2D eigenvalue weighted by Gasteiger charge is 2.30. The van der Waals surface area contributed by atoms with E-state index in [4.69, 9.17) is 0 Å². The Morgan fingerprint density at radius 2 is 1.90 bits per heavy atom. The summed E-state index contributed by atoms with van der Waals surface area (Å²) in [4.78, 5) is 0. The molecule has 2 nitrogen and oxygen atoms in total. The van der Waals surface area contributed by atoms with Crippen LogP contribution in [0.4, 0.5) is 0 Å². The molecule has 112 valence electrons. The van der Waals surface area contributed by atoms with Crippen LogP contribution in [0.15, 0.2) is 18.2 Å². The van der Waals surface area contributed by atoms with Crippen LogP contribution in [0.1, 0.15) is 71.0 Å². The Balaban J connectivity index is 2.16. The Morgan fingerprint density at radius 1 is 1.20 bits per heavy atom. The number of nitrogens with one attached hydrogen (secondary N) is 1. The number of phenolic OH excluding ortho intramolecular Hbond substituents is 1. The van der Waals surface area contributed by atoms with Gasteiger partial charge in [0.1, 0.15) is 5.75 Å². The number of aryl methyl sites for hydroxylation is 1. The molecule has 1 atom stereocenters. The molecule has 0 heterocycles. The monoisotopic (exact) mass is 275 g/mol. The maximum absolute atomic E-state index is 9.64. The molecule has 20 heavy (non-hydrogen) atoms. The fraction of sp³-hybridized carbons (Fsp3) is 0.667. The molecule has 0 fully saturated rings. The molecule has 1 aliphatic carbocycles. The van der Waals surface area contributed by atoms with Crippen LogP contribution in [-0.2, 0) is 6.42 Å². The first kappa shape index (κ1) is 15.4. The van der Waals surface area contributed by atoms with Gasteiger partial charge in [0.2, 0.25) is 0 Å². The van der Waals surface area contributed by atoms with E-state index in [1.807, 2.05) is 12.1 Å². The summed E-state index contributed by atoms with van der Waals surface area (Å²) in [7, 11) is 0. The largest absolute Gasteiger partial charge is 0.508 e. The number of fused-ring (bicyclic) bond motifs is 1. The number of phenols is 1. The van der Waals surface area contributed by atoms with Gasteiger partial charge in [0, 0.05) is 11.6 Å². The molecule has 0 bridgehead atoms. The lowest BCUT2D eigenvalue weighted by Crippen LogP contribution is -2.45. The van der Waals surface area contributed by atoms with Crippen LogP contribution in [0.5, 0.6) is 5.75 Å². The summed E-state index contributed by atoms with van der Waals surface area (Å²) in [6.07, 6.45) is 4.61. The molecule has 0 aromatic heterocycles. The maximum Gasteiger partial charge on any atom is 0.115 e. The number of hydrogen-bond acceptors (Lipinski definition) is 2. The highest BCUT2D eigenvalue weighted by atomic mass is 16.3. The summed E-state index contributed by atoms with van der Waals surface area (Å²) in [5.74, 6) is 0.387. The average molecular weight is 275 g/mol. The van der Waals surface area contributed by atoms with E-state index in [-0.39, 0.29) is 5.54 Å². The van der Waals surface area contributed by atoms with Gasteiger partial charge in [-0.15, -0.1) is 0 Å². The van der Waals surface area contributed by atoms with Gasteiger partial charge in [-0.05, 0) is 68.2 Å². The molecular weight excluding hydrogens is 246 g/mol. The third kappa shape index (κ3) is 3.99. The Hall–Kier alpha value is -1.02. The molecule has 2 N–H and O–H groups in total. The Bertz CT molecular complexity index is 471. The van der Waals surface area contributed by atoms with Crippen molar-refractivity contribution in [2.24, 2.45) is 5.41 Å². The lowest BCUT2D eigenvalue weighted by atomic mass is 9.79. The van der Waals surface area contributed by atoms with Crippen molar-refractivity contribution in [2.75, 3.05) is 0 Å². The van der Waals surface area contributed by atoms with E-state index < -0.39 is 0 Å². The first-order valence-corrected chi connectivity index (χ1v) is 7.76. The van der Waals surface area contributed by atoms with Crippen molar-refractivity contribution in [1.82, 2.24) is 5.32 Å². The van der Waals surface area contributed by atoms with Gasteiger partial charge in [-0.1, -0.05) is 26.8 Å². The Kier molecular flexibility index (Phi) is 4.15. The van der Waals surface area contributed by atoms with Crippen LogP contribution in [0, 0.1) is 5.41 Å². The fourth-order valence-corrected chi connectivity index (χ4v) is 3.80. The quantitative estimate of drug-likeness (QED) is 0.846. The number of rotatable bonds is 3. The second-order valence-electron chi connectivity index (χ2n) is 8.09. The first-order chi connectivity index (χ1) is 9.16. The number of hydrogen-bond donors (Lipinski definition) is 2. The van der Waals surface area contributed by atoms with E-state index in [0.717, 1.165) is 12.8 Å². The van der Waals surface area contributed by atoms with E-state index >= 15 is 0 Å². The van der Waals surface area contributed by atoms with Crippen LogP contribution in [0.2, 0.25) is 0 Å². The molecule has 1 aliphatic rings. The number of benzene rings is 1. The Labute approximate surface area is 123 Å². The van der Waals surface area contributed by atoms with Crippen LogP contribution in [0.3, 0.4) is 0 Å². The minimum atomic E-state index is 0.120. The summed E-state index contributed by atoms with van der Waals surface area (Å²) in [5, 5.41) is 13.5. The molecule has 0 radical (unpaired) electrons. The van der Waals surface area contributed by atoms with E-state index in [1.165, 1.54) is 24.0 Å². The minimum absolute atomic E-state index is 0.120. The highest BCUT2D eigenvalue weighted by molar-refractivity contribution is 5.38. The summed E-state index contributed by atoms with van der Waals surface area (Å²) in [5.41, 5.74) is 3.12. The summed E-state index contributed by atoms with van der Waals surface area (Å²) in [6.45, 7) is 11.5. The van der Waals surface area contributed by atoms with Gasteiger partial charge in [0.05, 0.1) is 0 Å². The fourth-order valence-electron chi connectivity index (χ4n) is 3.80. The van der Waals surface area contributed by atoms with Gasteiger partial charge in [0.15, 0.2) is 0 Å². The van der Waals surface area contributed by atoms with Gasteiger partial charge in [-0.2, -0.15) is 0 Å². The molecule has 2 heteroatoms. The van der Waals surface area contributed by atoms with Gasteiger partial charge >= 0.3 is 0 Å². The van der Waals surface area contributed by atoms with Crippen LogP contribution >= 0.6 is 0 Å². The summed E-state index contributed by atoms with van der Waals surface area (Å²) < 4.78 is 0. The first-order valence-electron chi connectivity index (χ1n) is 7.76. The van der Waals surface area contributed by atoms with Crippen molar-refractivity contribution in [3.63, 3.8) is 0 Å². The van der Waals surface area contributed by atoms with Gasteiger partial charge in [0.25, 0.3) is 0 Å². The van der Waals surface area contributed by atoms with Crippen molar-refractivity contribution in [2.45, 2.75) is 71.9 Å². The van der Waals surface area contributed by atoms with Crippen molar-refractivity contribution in [3.05, 3.63) is 29.3 Å². The van der Waals surface area contributed by atoms with Crippen molar-refractivity contribution in [3.8, 4) is 5.75 Å². The topological polar surface area (TPSA) is 32.3 Å². The van der Waals surface area contributed by atoms with Crippen LogP contribution < -0.4 is 5.32 Å². The smallest absolute Gasteiger partial charge is 0.115 e. The van der Waals surface area contributed by atoms with Crippen molar-refractivity contribution < 1.29 is 5.11 Å². The molecule has 1 unspecified atom stereocenters. The summed E-state index contributed by atoms with van der Waals surface area (Å²) >= 11 is 0. The minimum Gasteiger partial charge on any atom is -0.508 e. The van der Waals surface area contributed by atoms with Gasteiger partial charge in [-0.3, -0.25) is 0 Å². The van der Waals surface area contributed by atoms with E-state index in [1.54, 1.807) is 0 Å². The second-order valence-corrected chi connectivity index (χ2v) is 8.09. The van der Waals surface area contributed by atoms with Crippen molar-refractivity contribution in [1.29, 1.82) is 0 Å². The van der Waals surface area contributed by atoms with Crippen LogP contribution in [0.25, 0.3) is 0 Å². The highest BCUT2D eigenvalue weighted by Crippen LogP contribution is 2.35. The van der Waals surface area contributed by atoms with Crippen LogP contribution in [-0.4, -0.2) is 10.6 Å². The third-order valence-electron chi connectivity index (χ3n) is 3.98. The lowest BCUT2D eigenvalue weighted by molar-refractivity contribution is 0.215. The predicted octanol–water partition coefficient (Wildman–Crippen LogP) is 4.57. The molecule has 0 spiro atoms. The van der Waals surface area contributed by atoms with E-state index in [2.05, 4.69) is 46.0 Å². The molecule has 0 aliphatic heterocycles. The van der Waals surface area contributed by atoms with Gasteiger partial charge < -0.3 is 10.4 Å². The molecule has 1 aromatic rings. The average Bonchev–Trinajstić information content (AvgIpc) is 2.24. The molecule has 1 aromatic carbocycles. The third-order valence-corrected chi connectivity index (χ3v) is 3.98. The zero-order valence-electron chi connectivity index (χ0n) is 13.6. The molecule has 0 amide bonds. The molecule has 0 saturated heterocycles. The standard InChI is InChI=1S/C18H29NO/c1-17(2,3)12-18(4,5)19-16-8-6-7-13-11-14(20)9-10-15(13)16/h9-11,16,19-20H,6-8,12H2,1-5H3. The Morgan fingerprint density at radius 3 is 2.55 bits per heavy atom. The SMILES string of the molecule is CC(C)(C)CC(C)(C)NC1CCCc2cc(O)ccc21. The molecular formula is C18H29NO. The van der Waals surface area contributed by atoms with E-state index in [0.29, 0.717) is 17.2 Å². The molecule has 2 rings (SSSR count). The van der Waals surface area contributed by atoms with Gasteiger partial charge in [-0.25, -0.2) is 0 Å². The normalized spacial score (nSPS) is 19.8. The lowest BCUT2D eigenvalue weighted by Gasteiger charge is -2.39. The van der Waals surface area contributed by atoms with Crippen molar-refractivity contribution >= 4 is 0 Å². The molecule has 0 saturated carbocycles. The maximum atomic E-state index is 9.64. The zero-order valence-corrected chi connectivity index (χ0v) is 13.6. The summed E-state index contributed by atoms with van der Waals surface area (Å²) in [6, 6.07) is 6.25.